The topological polar surface area (TPSA) is 82.8 Å². The minimum Gasteiger partial charge on any atom is -0.462 e. The van der Waals surface area contributed by atoms with Crippen LogP contribution in [0, 0.1) is 0 Å². The smallest absolute Gasteiger partial charge is 0.338 e. The molecule has 3 aromatic rings. The highest BCUT2D eigenvalue weighted by atomic mass is 16.5. The van der Waals surface area contributed by atoms with E-state index in [1.807, 2.05) is 35.1 Å². The van der Waals surface area contributed by atoms with E-state index >= 15 is 0 Å². The minimum absolute atomic E-state index is 0.293. The average molecular weight is 349 g/mol. The fourth-order valence-electron chi connectivity index (χ4n) is 3.01. The second kappa shape index (κ2) is 7.03. The van der Waals surface area contributed by atoms with Gasteiger partial charge in [-0.05, 0) is 38.3 Å². The van der Waals surface area contributed by atoms with Gasteiger partial charge in [-0.2, -0.15) is 10.2 Å². The maximum absolute atomic E-state index is 12.6. The highest BCUT2D eigenvalue weighted by Crippen LogP contribution is 2.31. The van der Waals surface area contributed by atoms with Crippen molar-refractivity contribution in [1.29, 1.82) is 0 Å². The van der Waals surface area contributed by atoms with Gasteiger partial charge in [0, 0.05) is 10.9 Å². The van der Waals surface area contributed by atoms with Crippen LogP contribution in [0.1, 0.15) is 43.5 Å². The molecule has 0 bridgehead atoms. The van der Waals surface area contributed by atoms with E-state index in [1.165, 1.54) is 6.42 Å². The summed E-state index contributed by atoms with van der Waals surface area (Å²) in [5.41, 5.74) is 2.42. The van der Waals surface area contributed by atoms with Crippen molar-refractivity contribution in [3.8, 4) is 0 Å². The van der Waals surface area contributed by atoms with Crippen molar-refractivity contribution >= 4 is 28.5 Å². The maximum Gasteiger partial charge on any atom is 0.338 e. The molecule has 0 amide bonds. The van der Waals surface area contributed by atoms with E-state index in [9.17, 15) is 4.79 Å². The second-order valence-corrected chi connectivity index (χ2v) is 6.26. The van der Waals surface area contributed by atoms with Crippen LogP contribution >= 0.6 is 0 Å². The van der Waals surface area contributed by atoms with Crippen LogP contribution < -0.4 is 0 Å². The summed E-state index contributed by atoms with van der Waals surface area (Å²) in [6, 6.07) is 7.99. The van der Waals surface area contributed by atoms with Crippen molar-refractivity contribution < 1.29 is 9.53 Å². The van der Waals surface area contributed by atoms with Crippen LogP contribution in [0.25, 0.3) is 22.6 Å². The van der Waals surface area contributed by atoms with Crippen LogP contribution in [-0.2, 0) is 9.53 Å². The van der Waals surface area contributed by atoms with E-state index in [-0.39, 0.29) is 0 Å². The predicted octanol–water partition coefficient (Wildman–Crippen LogP) is 3.05. The first-order chi connectivity index (χ1) is 12.8. The molecule has 0 atom stereocenters. The van der Waals surface area contributed by atoms with Gasteiger partial charge in [-0.1, -0.05) is 23.4 Å². The summed E-state index contributed by atoms with van der Waals surface area (Å²) in [6.45, 7) is 2.08. The molecule has 1 aromatic carbocycles. The van der Waals surface area contributed by atoms with E-state index in [0.717, 1.165) is 23.7 Å². The number of fused-ring (bicyclic) bond motifs is 1. The van der Waals surface area contributed by atoms with Crippen molar-refractivity contribution in [2.24, 2.45) is 0 Å². The van der Waals surface area contributed by atoms with Crippen LogP contribution in [0.3, 0.4) is 0 Å². The molecule has 1 aliphatic carbocycles. The lowest BCUT2D eigenvalue weighted by Gasteiger charge is -2.24. The third kappa shape index (κ3) is 3.08. The Balaban J connectivity index is 1.79. The van der Waals surface area contributed by atoms with E-state index in [0.29, 0.717) is 29.5 Å². The Morgan fingerprint density at radius 3 is 2.92 bits per heavy atom. The fourth-order valence-corrected chi connectivity index (χ4v) is 3.01. The van der Waals surface area contributed by atoms with Gasteiger partial charge in [-0.3, -0.25) is 0 Å². The molecule has 0 spiro atoms. The van der Waals surface area contributed by atoms with Crippen molar-refractivity contribution in [2.75, 3.05) is 6.61 Å². The predicted molar refractivity (Wildman–Crippen MR) is 97.0 cm³/mol. The zero-order valence-corrected chi connectivity index (χ0v) is 14.5. The van der Waals surface area contributed by atoms with Gasteiger partial charge in [0.15, 0.2) is 0 Å². The lowest BCUT2D eigenvalue weighted by Crippen LogP contribution is -2.17. The third-order valence-electron chi connectivity index (χ3n) is 4.60. The van der Waals surface area contributed by atoms with Crippen LogP contribution in [0.4, 0.5) is 0 Å². The molecular weight excluding hydrogens is 330 g/mol. The first-order valence-electron chi connectivity index (χ1n) is 8.77. The highest BCUT2D eigenvalue weighted by molar-refractivity contribution is 6.24. The Hall–Kier alpha value is -3.09. The Labute approximate surface area is 150 Å². The highest BCUT2D eigenvalue weighted by Gasteiger charge is 2.22. The quantitative estimate of drug-likeness (QED) is 0.520. The molecule has 1 saturated carbocycles. The molecule has 0 aliphatic heterocycles. The number of rotatable bonds is 5. The average Bonchev–Trinajstić information content (AvgIpc) is 3.06. The van der Waals surface area contributed by atoms with Gasteiger partial charge < -0.3 is 4.74 Å². The monoisotopic (exact) mass is 349 g/mol. The third-order valence-corrected chi connectivity index (χ3v) is 4.60. The van der Waals surface area contributed by atoms with Crippen molar-refractivity contribution in [3.63, 3.8) is 0 Å². The molecule has 2 heterocycles. The van der Waals surface area contributed by atoms with Gasteiger partial charge in [0.1, 0.15) is 5.69 Å². The lowest BCUT2D eigenvalue weighted by atomic mass is 9.93. The summed E-state index contributed by atoms with van der Waals surface area (Å²) >= 11 is 0. The summed E-state index contributed by atoms with van der Waals surface area (Å²) in [5, 5.41) is 17.4. The molecule has 7 nitrogen and oxygen atoms in total. The number of carbonyl (C=O) groups is 1. The molecule has 0 saturated heterocycles. The molecule has 26 heavy (non-hydrogen) atoms. The normalized spacial score (nSPS) is 15.0. The second-order valence-electron chi connectivity index (χ2n) is 6.26. The number of ether oxygens (including phenoxy) is 1. The molecular formula is C19H19N5O2. The molecule has 4 rings (SSSR count). The summed E-state index contributed by atoms with van der Waals surface area (Å²) in [4.78, 5) is 12.6. The number of nitrogens with zero attached hydrogens (tertiary/aromatic N) is 5. The zero-order valence-electron chi connectivity index (χ0n) is 14.5. The molecule has 2 aromatic heterocycles. The molecule has 0 radical (unpaired) electrons. The van der Waals surface area contributed by atoms with Crippen molar-refractivity contribution in [3.05, 3.63) is 47.9 Å². The number of esters is 1. The number of carbonyl (C=O) groups excluding carboxylic acids is 1. The van der Waals surface area contributed by atoms with Crippen molar-refractivity contribution in [1.82, 2.24) is 25.2 Å². The molecule has 132 valence electrons. The van der Waals surface area contributed by atoms with Crippen molar-refractivity contribution in [2.45, 2.75) is 32.2 Å². The molecule has 0 unspecified atom stereocenters. The lowest BCUT2D eigenvalue weighted by molar-refractivity contribution is -0.136. The van der Waals surface area contributed by atoms with Crippen LogP contribution in [0.5, 0.6) is 0 Å². The van der Waals surface area contributed by atoms with E-state index < -0.39 is 5.97 Å². The molecule has 7 heteroatoms. The maximum atomic E-state index is 12.6. The summed E-state index contributed by atoms with van der Waals surface area (Å²) < 4.78 is 7.13. The van der Waals surface area contributed by atoms with Gasteiger partial charge in [-0.25, -0.2) is 9.48 Å². The molecule has 0 N–H and O–H groups in total. The standard InChI is InChI=1S/C19H19N5O2/c1-2-26-19(25)16(10-13-12-24(23-21-13)14-6-5-7-14)17-11-20-22-18-9-4-3-8-15(17)18/h3-4,8-12,14H,2,5-7H2,1H3. The summed E-state index contributed by atoms with van der Waals surface area (Å²) in [5.74, 6) is -0.413. The molecule has 1 aliphatic rings. The first-order valence-corrected chi connectivity index (χ1v) is 8.77. The summed E-state index contributed by atoms with van der Waals surface area (Å²) in [7, 11) is 0. The Morgan fingerprint density at radius 1 is 1.31 bits per heavy atom. The Bertz CT molecular complexity index is 969. The minimum atomic E-state index is -0.413. The van der Waals surface area contributed by atoms with Gasteiger partial charge in [0.2, 0.25) is 0 Å². The fraction of sp³-hybridized carbons (Fsp3) is 0.316. The van der Waals surface area contributed by atoms with E-state index in [4.69, 9.17) is 4.74 Å². The van der Waals surface area contributed by atoms with Crippen LogP contribution in [-0.4, -0.2) is 37.8 Å². The first kappa shape index (κ1) is 16.4. The largest absolute Gasteiger partial charge is 0.462 e. The number of aromatic nitrogens is 5. The number of benzene rings is 1. The van der Waals surface area contributed by atoms with E-state index in [2.05, 4.69) is 20.5 Å². The summed E-state index contributed by atoms with van der Waals surface area (Å²) in [6.07, 6.45) is 8.63. The van der Waals surface area contributed by atoms with Crippen LogP contribution in [0.15, 0.2) is 36.7 Å². The number of hydrogen-bond acceptors (Lipinski definition) is 6. The Kier molecular flexibility index (Phi) is 4.43. The van der Waals surface area contributed by atoms with Gasteiger partial charge in [-0.15, -0.1) is 5.10 Å². The van der Waals surface area contributed by atoms with Gasteiger partial charge >= 0.3 is 5.97 Å². The van der Waals surface area contributed by atoms with Crippen LogP contribution in [0.2, 0.25) is 0 Å². The molecule has 1 fully saturated rings. The van der Waals surface area contributed by atoms with Gasteiger partial charge in [0.25, 0.3) is 0 Å². The van der Waals surface area contributed by atoms with E-state index in [1.54, 1.807) is 19.2 Å². The zero-order chi connectivity index (χ0) is 17.9. The Morgan fingerprint density at radius 2 is 2.15 bits per heavy atom. The SMILES string of the molecule is CCOC(=O)C(=Cc1cn(C2CCC2)nn1)c1cnnc2ccccc12. The number of hydrogen-bond donors (Lipinski definition) is 0. The van der Waals surface area contributed by atoms with Gasteiger partial charge in [0.05, 0.1) is 36.1 Å².